The van der Waals surface area contributed by atoms with Crippen molar-refractivity contribution in [1.82, 2.24) is 14.9 Å². The van der Waals surface area contributed by atoms with Crippen molar-refractivity contribution in [3.8, 4) is 0 Å². The average Bonchev–Trinajstić information content (AvgIpc) is 3.22. The number of anilines is 2. The quantitative estimate of drug-likeness (QED) is 0.633. The fourth-order valence-corrected chi connectivity index (χ4v) is 4.80. The lowest BCUT2D eigenvalue weighted by Crippen LogP contribution is -2.47. The summed E-state index contributed by atoms with van der Waals surface area (Å²) in [6, 6.07) is 10.4. The summed E-state index contributed by atoms with van der Waals surface area (Å²) in [4.78, 5) is 28.1. The largest absolute Gasteiger partial charge is 0.367 e. The highest BCUT2D eigenvalue weighted by Gasteiger charge is 2.31. The van der Waals surface area contributed by atoms with Gasteiger partial charge in [0.2, 0.25) is 11.8 Å². The molecule has 0 aliphatic carbocycles. The molecule has 1 atom stereocenters. The van der Waals surface area contributed by atoms with Gasteiger partial charge < -0.3 is 9.80 Å². The first-order valence-electron chi connectivity index (χ1n) is 10.3. The Kier molecular flexibility index (Phi) is 5.02. The summed E-state index contributed by atoms with van der Waals surface area (Å²) in [5.74, 6) is -0.525. The van der Waals surface area contributed by atoms with Gasteiger partial charge in [-0.3, -0.25) is 14.9 Å². The first-order chi connectivity index (χ1) is 15.0. The lowest BCUT2D eigenvalue weighted by atomic mass is 9.90. The molecule has 5 rings (SSSR count). The molecule has 2 aliphatic heterocycles. The van der Waals surface area contributed by atoms with Gasteiger partial charge in [-0.2, -0.15) is 5.10 Å². The summed E-state index contributed by atoms with van der Waals surface area (Å²) in [7, 11) is 0. The highest BCUT2D eigenvalue weighted by atomic mass is 35.5. The van der Waals surface area contributed by atoms with E-state index in [-0.39, 0.29) is 17.6 Å². The number of imide groups is 1. The second-order valence-corrected chi connectivity index (χ2v) is 8.24. The zero-order valence-electron chi connectivity index (χ0n) is 16.7. The number of rotatable bonds is 3. The van der Waals surface area contributed by atoms with Crippen molar-refractivity contribution in [3.05, 3.63) is 59.0 Å². The first kappa shape index (κ1) is 19.8. The maximum Gasteiger partial charge on any atom is 0.234 e. The predicted octanol–water partition coefficient (Wildman–Crippen LogP) is 2.97. The molecule has 0 spiro atoms. The lowest BCUT2D eigenvalue weighted by Gasteiger charge is -2.38. The van der Waals surface area contributed by atoms with Crippen molar-refractivity contribution >= 4 is 40.4 Å². The Bertz CT molecular complexity index is 1170. The number of piperidine rings is 1. The van der Waals surface area contributed by atoms with E-state index in [9.17, 15) is 14.0 Å². The number of aromatic nitrogens is 2. The van der Waals surface area contributed by atoms with Crippen LogP contribution in [0.5, 0.6) is 0 Å². The Morgan fingerprint density at radius 1 is 1.06 bits per heavy atom. The maximum absolute atomic E-state index is 14.1. The molecule has 1 unspecified atom stereocenters. The van der Waals surface area contributed by atoms with Gasteiger partial charge in [-0.15, -0.1) is 0 Å². The topological polar surface area (TPSA) is 70.0 Å². The third-order valence-electron chi connectivity index (χ3n) is 6.01. The van der Waals surface area contributed by atoms with Crippen molar-refractivity contribution in [2.75, 3.05) is 36.0 Å². The van der Waals surface area contributed by atoms with Gasteiger partial charge >= 0.3 is 0 Å². The van der Waals surface area contributed by atoms with Gasteiger partial charge in [0.1, 0.15) is 11.6 Å². The number of carbonyl (C=O) groups is 2. The van der Waals surface area contributed by atoms with E-state index in [4.69, 9.17) is 11.6 Å². The van der Waals surface area contributed by atoms with Gasteiger partial charge in [-0.05, 0) is 30.2 Å². The number of halogens is 2. The molecule has 4 heterocycles. The Hall–Kier alpha value is -3.13. The molecule has 2 saturated heterocycles. The van der Waals surface area contributed by atoms with Crippen LogP contribution in [0.2, 0.25) is 5.02 Å². The third-order valence-corrected chi connectivity index (χ3v) is 6.42. The zero-order chi connectivity index (χ0) is 21.5. The van der Waals surface area contributed by atoms with Crippen molar-refractivity contribution in [2.24, 2.45) is 0 Å². The summed E-state index contributed by atoms with van der Waals surface area (Å²) in [5, 5.41) is 7.26. The number of piperazine rings is 1. The molecule has 3 aromatic rings. The molecule has 2 amide bonds. The fourth-order valence-electron chi connectivity index (χ4n) is 4.42. The number of carbonyl (C=O) groups excluding carboxylic acids is 2. The highest BCUT2D eigenvalue weighted by Crippen LogP contribution is 2.37. The van der Waals surface area contributed by atoms with Crippen molar-refractivity contribution in [2.45, 2.75) is 18.8 Å². The standard InChI is InChI=1S/C22H21ClFN5O2/c23-21-16(17-4-5-19(30)26-22(17)31)2-1-3-18(21)27-8-10-28(11-9-27)20-13-14(24)12-15-6-7-25-29(15)20/h1-3,6-7,12-13,17H,4-5,8-11H2,(H,26,30,31). The second kappa shape index (κ2) is 7.85. The summed E-state index contributed by atoms with van der Waals surface area (Å²) >= 11 is 6.73. The van der Waals surface area contributed by atoms with Crippen molar-refractivity contribution in [1.29, 1.82) is 0 Å². The Balaban J connectivity index is 1.36. The highest BCUT2D eigenvalue weighted by molar-refractivity contribution is 6.34. The zero-order valence-corrected chi connectivity index (χ0v) is 17.5. The molecule has 1 aromatic carbocycles. The van der Waals surface area contributed by atoms with E-state index < -0.39 is 5.92 Å². The number of benzene rings is 1. The van der Waals surface area contributed by atoms with E-state index >= 15 is 0 Å². The molecule has 2 aromatic heterocycles. The first-order valence-corrected chi connectivity index (χ1v) is 10.6. The van der Waals surface area contributed by atoms with E-state index in [2.05, 4.69) is 20.2 Å². The van der Waals surface area contributed by atoms with Crippen LogP contribution in [0.4, 0.5) is 15.9 Å². The molecule has 7 nitrogen and oxygen atoms in total. The van der Waals surface area contributed by atoms with E-state index in [0.29, 0.717) is 44.0 Å². The van der Waals surface area contributed by atoms with E-state index in [1.807, 2.05) is 18.2 Å². The van der Waals surface area contributed by atoms with Crippen LogP contribution in [-0.2, 0) is 9.59 Å². The van der Waals surface area contributed by atoms with Crippen LogP contribution >= 0.6 is 11.6 Å². The van der Waals surface area contributed by atoms with Gasteiger partial charge in [0.25, 0.3) is 0 Å². The molecule has 1 N–H and O–H groups in total. The van der Waals surface area contributed by atoms with Crippen LogP contribution in [0, 0.1) is 5.82 Å². The Morgan fingerprint density at radius 2 is 1.84 bits per heavy atom. The minimum absolute atomic E-state index is 0.242. The number of nitrogens with zero attached hydrogens (tertiary/aromatic N) is 4. The van der Waals surface area contributed by atoms with Crippen molar-refractivity contribution < 1.29 is 14.0 Å². The normalized spacial score (nSPS) is 19.7. The Labute approximate surface area is 183 Å². The summed E-state index contributed by atoms with van der Waals surface area (Å²) < 4.78 is 15.8. The van der Waals surface area contributed by atoms with Crippen LogP contribution in [0.1, 0.15) is 24.3 Å². The van der Waals surface area contributed by atoms with Crippen LogP contribution in [0.15, 0.2) is 42.6 Å². The van der Waals surface area contributed by atoms with Gasteiger partial charge in [-0.25, -0.2) is 8.91 Å². The number of nitrogens with one attached hydrogen (secondary N) is 1. The number of pyridine rings is 1. The molecule has 9 heteroatoms. The van der Waals surface area contributed by atoms with E-state index in [1.165, 1.54) is 12.1 Å². The number of hydrogen-bond acceptors (Lipinski definition) is 5. The predicted molar refractivity (Wildman–Crippen MR) is 116 cm³/mol. The smallest absolute Gasteiger partial charge is 0.234 e. The molecule has 2 aliphatic rings. The lowest BCUT2D eigenvalue weighted by molar-refractivity contribution is -0.134. The molecular formula is C22H21ClFN5O2. The number of hydrogen-bond donors (Lipinski definition) is 1. The SMILES string of the molecule is O=C1CCC(c2cccc(N3CCN(c4cc(F)cc5ccnn45)CC3)c2Cl)C(=O)N1. The summed E-state index contributed by atoms with van der Waals surface area (Å²) in [6.45, 7) is 2.74. The van der Waals surface area contributed by atoms with Crippen LogP contribution < -0.4 is 15.1 Å². The minimum atomic E-state index is -0.424. The molecular weight excluding hydrogens is 421 g/mol. The van der Waals surface area contributed by atoms with Crippen LogP contribution in [0.25, 0.3) is 5.52 Å². The maximum atomic E-state index is 14.1. The average molecular weight is 442 g/mol. The minimum Gasteiger partial charge on any atom is -0.367 e. The molecule has 0 bridgehead atoms. The van der Waals surface area contributed by atoms with E-state index in [0.717, 1.165) is 22.6 Å². The van der Waals surface area contributed by atoms with Gasteiger partial charge in [0.15, 0.2) is 0 Å². The van der Waals surface area contributed by atoms with E-state index in [1.54, 1.807) is 16.8 Å². The monoisotopic (exact) mass is 441 g/mol. The van der Waals surface area contributed by atoms with Gasteiger partial charge in [0, 0.05) is 38.7 Å². The van der Waals surface area contributed by atoms with Gasteiger partial charge in [-0.1, -0.05) is 23.7 Å². The molecule has 0 radical (unpaired) electrons. The number of amides is 2. The van der Waals surface area contributed by atoms with Gasteiger partial charge in [0.05, 0.1) is 28.3 Å². The second-order valence-electron chi connectivity index (χ2n) is 7.86. The molecule has 160 valence electrons. The Morgan fingerprint density at radius 3 is 2.61 bits per heavy atom. The molecule has 2 fully saturated rings. The molecule has 0 saturated carbocycles. The summed E-state index contributed by atoms with van der Waals surface area (Å²) in [6.07, 6.45) is 2.43. The number of fused-ring (bicyclic) bond motifs is 1. The third kappa shape index (κ3) is 3.61. The summed E-state index contributed by atoms with van der Waals surface area (Å²) in [5.41, 5.74) is 2.33. The molecule has 31 heavy (non-hydrogen) atoms. The fraction of sp³-hybridized carbons (Fsp3) is 0.318. The van der Waals surface area contributed by atoms with Crippen molar-refractivity contribution in [3.63, 3.8) is 0 Å². The van der Waals surface area contributed by atoms with Crippen LogP contribution in [-0.4, -0.2) is 47.6 Å². The van der Waals surface area contributed by atoms with Crippen LogP contribution in [0.3, 0.4) is 0 Å².